The van der Waals surface area contributed by atoms with Gasteiger partial charge in [-0.15, -0.1) is 0 Å². The normalized spacial score (nSPS) is 13.8. The molecule has 0 saturated carbocycles. The van der Waals surface area contributed by atoms with Gasteiger partial charge in [-0.1, -0.05) is 205 Å². The molecular weight excluding hydrogens is 606 g/mol. The van der Waals surface area contributed by atoms with Gasteiger partial charge in [0.25, 0.3) is 0 Å². The number of carbonyl (C=O) groups is 1. The molecule has 4 N–H and O–H groups in total. The van der Waals surface area contributed by atoms with Crippen molar-refractivity contribution in [2.45, 2.75) is 244 Å². The SMILES string of the molecule is CCCCC/C=C\C=C/CCCCCCCCCCCCC(=O)NC(CO)C(O)C(O)CCCCCCCCCCCCCCCCCC. The molecule has 0 saturated heterocycles. The largest absolute Gasteiger partial charge is 0.394 e. The third-order valence-corrected chi connectivity index (χ3v) is 10.1. The molecular formula is C44H85NO4. The van der Waals surface area contributed by atoms with Crippen molar-refractivity contribution in [3.05, 3.63) is 24.3 Å². The van der Waals surface area contributed by atoms with Gasteiger partial charge in [0.1, 0.15) is 6.10 Å². The molecule has 3 atom stereocenters. The number of hydrogen-bond acceptors (Lipinski definition) is 4. The van der Waals surface area contributed by atoms with Gasteiger partial charge < -0.3 is 20.6 Å². The van der Waals surface area contributed by atoms with Crippen molar-refractivity contribution in [3.63, 3.8) is 0 Å². The lowest BCUT2D eigenvalue weighted by molar-refractivity contribution is -0.124. The highest BCUT2D eigenvalue weighted by atomic mass is 16.3. The highest BCUT2D eigenvalue weighted by Gasteiger charge is 2.26. The zero-order valence-corrected chi connectivity index (χ0v) is 32.8. The van der Waals surface area contributed by atoms with Crippen LogP contribution >= 0.6 is 0 Å². The molecule has 0 aliphatic rings. The number of nitrogens with one attached hydrogen (secondary N) is 1. The van der Waals surface area contributed by atoms with Crippen LogP contribution in [0.4, 0.5) is 0 Å². The average molecular weight is 692 g/mol. The molecule has 0 bridgehead atoms. The molecule has 0 aliphatic carbocycles. The summed E-state index contributed by atoms with van der Waals surface area (Å²) >= 11 is 0. The van der Waals surface area contributed by atoms with Crippen LogP contribution in [0.2, 0.25) is 0 Å². The molecule has 5 heteroatoms. The van der Waals surface area contributed by atoms with Crippen molar-refractivity contribution < 1.29 is 20.1 Å². The molecule has 1 amide bonds. The molecule has 290 valence electrons. The fraction of sp³-hybridized carbons (Fsp3) is 0.886. The van der Waals surface area contributed by atoms with Crippen molar-refractivity contribution >= 4 is 5.91 Å². The number of hydrogen-bond donors (Lipinski definition) is 4. The lowest BCUT2D eigenvalue weighted by Gasteiger charge is -2.26. The minimum atomic E-state index is -1.14. The Morgan fingerprint density at radius 1 is 0.510 bits per heavy atom. The summed E-state index contributed by atoms with van der Waals surface area (Å²) < 4.78 is 0. The Kier molecular flexibility index (Phi) is 38.7. The van der Waals surface area contributed by atoms with E-state index in [9.17, 15) is 20.1 Å². The van der Waals surface area contributed by atoms with Gasteiger partial charge in [0.2, 0.25) is 5.91 Å². The fourth-order valence-corrected chi connectivity index (χ4v) is 6.68. The molecule has 0 rings (SSSR count). The third kappa shape index (κ3) is 35.0. The Morgan fingerprint density at radius 3 is 1.29 bits per heavy atom. The van der Waals surface area contributed by atoms with Crippen LogP contribution in [0, 0.1) is 0 Å². The van der Waals surface area contributed by atoms with Crippen molar-refractivity contribution in [2.24, 2.45) is 0 Å². The molecule has 49 heavy (non-hydrogen) atoms. The zero-order chi connectivity index (χ0) is 35.9. The van der Waals surface area contributed by atoms with E-state index < -0.39 is 18.2 Å². The van der Waals surface area contributed by atoms with E-state index in [0.29, 0.717) is 12.8 Å². The summed E-state index contributed by atoms with van der Waals surface area (Å²) in [4.78, 5) is 12.4. The number of rotatable bonds is 39. The summed E-state index contributed by atoms with van der Waals surface area (Å²) in [5, 5.41) is 33.5. The van der Waals surface area contributed by atoms with Crippen LogP contribution in [-0.4, -0.2) is 46.1 Å². The first-order valence-electron chi connectivity index (χ1n) is 21.6. The predicted molar refractivity (Wildman–Crippen MR) is 213 cm³/mol. The van der Waals surface area contributed by atoms with E-state index in [-0.39, 0.29) is 12.5 Å². The highest BCUT2D eigenvalue weighted by Crippen LogP contribution is 2.16. The number of carbonyl (C=O) groups excluding carboxylic acids is 1. The predicted octanol–water partition coefficient (Wildman–Crippen LogP) is 12.2. The Labute approximate surface area is 305 Å². The maximum atomic E-state index is 12.4. The van der Waals surface area contributed by atoms with Crippen molar-refractivity contribution in [3.8, 4) is 0 Å². The van der Waals surface area contributed by atoms with E-state index in [1.807, 2.05) is 0 Å². The van der Waals surface area contributed by atoms with Crippen LogP contribution < -0.4 is 5.32 Å². The Hall–Kier alpha value is -1.17. The Bertz CT molecular complexity index is 724. The van der Waals surface area contributed by atoms with Gasteiger partial charge in [0, 0.05) is 6.42 Å². The quantitative estimate of drug-likeness (QED) is 0.0381. The van der Waals surface area contributed by atoms with Crippen LogP contribution in [0.5, 0.6) is 0 Å². The second-order valence-corrected chi connectivity index (χ2v) is 14.9. The van der Waals surface area contributed by atoms with Crippen LogP contribution in [0.25, 0.3) is 0 Å². The summed E-state index contributed by atoms with van der Waals surface area (Å²) in [7, 11) is 0. The summed E-state index contributed by atoms with van der Waals surface area (Å²) in [6.07, 6.45) is 47.0. The molecule has 0 heterocycles. The number of allylic oxidation sites excluding steroid dienone is 4. The lowest BCUT2D eigenvalue weighted by Crippen LogP contribution is -2.50. The summed E-state index contributed by atoms with van der Waals surface area (Å²) in [6, 6.07) is -0.809. The second-order valence-electron chi connectivity index (χ2n) is 14.9. The number of amides is 1. The van der Waals surface area contributed by atoms with Gasteiger partial charge >= 0.3 is 0 Å². The molecule has 0 radical (unpaired) electrons. The summed E-state index contributed by atoms with van der Waals surface area (Å²) in [5.41, 5.74) is 0. The number of aliphatic hydroxyl groups excluding tert-OH is 3. The van der Waals surface area contributed by atoms with Gasteiger partial charge in [-0.05, 0) is 38.5 Å². The monoisotopic (exact) mass is 692 g/mol. The van der Waals surface area contributed by atoms with E-state index in [1.54, 1.807) is 0 Å². The van der Waals surface area contributed by atoms with Crippen LogP contribution in [0.15, 0.2) is 24.3 Å². The lowest BCUT2D eigenvalue weighted by atomic mass is 9.99. The van der Waals surface area contributed by atoms with Crippen LogP contribution in [-0.2, 0) is 4.79 Å². The average Bonchev–Trinajstić information content (AvgIpc) is 3.10. The Balaban J connectivity index is 3.63. The molecule has 0 spiro atoms. The van der Waals surface area contributed by atoms with E-state index >= 15 is 0 Å². The fourth-order valence-electron chi connectivity index (χ4n) is 6.68. The third-order valence-electron chi connectivity index (χ3n) is 10.1. The number of aliphatic hydroxyl groups is 3. The maximum absolute atomic E-state index is 12.4. The van der Waals surface area contributed by atoms with Crippen molar-refractivity contribution in [1.82, 2.24) is 5.32 Å². The minimum absolute atomic E-state index is 0.148. The van der Waals surface area contributed by atoms with Crippen LogP contribution in [0.1, 0.15) is 226 Å². The van der Waals surface area contributed by atoms with E-state index in [0.717, 1.165) is 38.5 Å². The Morgan fingerprint density at radius 2 is 0.857 bits per heavy atom. The van der Waals surface area contributed by atoms with E-state index in [1.165, 1.54) is 161 Å². The van der Waals surface area contributed by atoms with Gasteiger partial charge in [-0.3, -0.25) is 4.79 Å². The van der Waals surface area contributed by atoms with Crippen molar-refractivity contribution in [2.75, 3.05) is 6.61 Å². The molecule has 0 fully saturated rings. The molecule has 5 nitrogen and oxygen atoms in total. The summed E-state index contributed by atoms with van der Waals surface area (Å²) in [5.74, 6) is -0.148. The highest BCUT2D eigenvalue weighted by molar-refractivity contribution is 5.76. The topological polar surface area (TPSA) is 89.8 Å². The minimum Gasteiger partial charge on any atom is -0.394 e. The smallest absolute Gasteiger partial charge is 0.220 e. The molecule has 0 aromatic rings. The molecule has 0 aromatic carbocycles. The first-order valence-corrected chi connectivity index (χ1v) is 21.6. The second kappa shape index (κ2) is 39.6. The van der Waals surface area contributed by atoms with Gasteiger partial charge in [0.15, 0.2) is 0 Å². The molecule has 0 aliphatic heterocycles. The van der Waals surface area contributed by atoms with Crippen LogP contribution in [0.3, 0.4) is 0 Å². The first kappa shape index (κ1) is 47.8. The number of unbranched alkanes of at least 4 members (excludes halogenated alkanes) is 28. The molecule has 0 aromatic heterocycles. The van der Waals surface area contributed by atoms with Gasteiger partial charge in [0.05, 0.1) is 18.8 Å². The summed E-state index contributed by atoms with van der Waals surface area (Å²) in [6.45, 7) is 4.15. The maximum Gasteiger partial charge on any atom is 0.220 e. The van der Waals surface area contributed by atoms with Gasteiger partial charge in [-0.2, -0.15) is 0 Å². The molecule has 3 unspecified atom stereocenters. The van der Waals surface area contributed by atoms with E-state index in [4.69, 9.17) is 0 Å². The van der Waals surface area contributed by atoms with Crippen molar-refractivity contribution in [1.29, 1.82) is 0 Å². The first-order chi connectivity index (χ1) is 24.1. The van der Waals surface area contributed by atoms with Gasteiger partial charge in [-0.25, -0.2) is 0 Å². The standard InChI is InChI=1S/C44H85NO4/c1-3-5-7-9-11-13-15-17-19-21-22-23-25-27-29-31-33-35-37-39-43(48)45-41(40-46)44(49)42(47)38-36-34-32-30-28-26-24-20-18-16-14-12-10-8-6-4-2/h11,13,15,17,41-42,44,46-47,49H,3-10,12,14,16,18-40H2,1-2H3,(H,45,48)/b13-11-,17-15-. The van der Waals surface area contributed by atoms with E-state index in [2.05, 4.69) is 43.5 Å². The zero-order valence-electron chi connectivity index (χ0n) is 32.8.